The quantitative estimate of drug-likeness (QED) is 0.868. The number of nitrogens with zero attached hydrogens (tertiary/aromatic N) is 1. The Morgan fingerprint density at radius 2 is 2.04 bits per heavy atom. The molecule has 1 N–H and O–H groups in total. The standard InChI is InChI=1S/C17H23NO5/c1-22-13-7-8-15(23-2)12(11-13)6-9-16(19)18-10-4-3-5-14(18)17(20)21/h7-8,11,14H,3-6,9-10H2,1-2H3,(H,20,21)/t14-/m0/s1. The maximum atomic E-state index is 12.4. The van der Waals surface area contributed by atoms with Gasteiger partial charge in [-0.25, -0.2) is 4.79 Å². The molecule has 2 rings (SSSR count). The van der Waals surface area contributed by atoms with Gasteiger partial charge in [-0.15, -0.1) is 0 Å². The number of hydrogen-bond acceptors (Lipinski definition) is 4. The molecule has 0 radical (unpaired) electrons. The predicted octanol–water partition coefficient (Wildman–Crippen LogP) is 2.10. The highest BCUT2D eigenvalue weighted by Crippen LogP contribution is 2.26. The number of amides is 1. The van der Waals surface area contributed by atoms with Gasteiger partial charge in [-0.05, 0) is 49.4 Å². The van der Waals surface area contributed by atoms with E-state index < -0.39 is 12.0 Å². The number of rotatable bonds is 6. The fraction of sp³-hybridized carbons (Fsp3) is 0.529. The summed E-state index contributed by atoms with van der Waals surface area (Å²) in [6.45, 7) is 0.519. The molecule has 6 heteroatoms. The Morgan fingerprint density at radius 1 is 1.26 bits per heavy atom. The Morgan fingerprint density at radius 3 is 2.70 bits per heavy atom. The molecule has 23 heavy (non-hydrogen) atoms. The zero-order chi connectivity index (χ0) is 16.8. The normalized spacial score (nSPS) is 17.7. The van der Waals surface area contributed by atoms with E-state index in [-0.39, 0.29) is 12.3 Å². The summed E-state index contributed by atoms with van der Waals surface area (Å²) in [5.41, 5.74) is 0.879. The van der Waals surface area contributed by atoms with E-state index in [4.69, 9.17) is 9.47 Å². The molecule has 1 aliphatic rings. The Balaban J connectivity index is 2.04. The molecular formula is C17H23NO5. The van der Waals surface area contributed by atoms with Crippen molar-refractivity contribution in [2.45, 2.75) is 38.1 Å². The summed E-state index contributed by atoms with van der Waals surface area (Å²) in [7, 11) is 3.17. The van der Waals surface area contributed by atoms with Crippen molar-refractivity contribution in [2.75, 3.05) is 20.8 Å². The average molecular weight is 321 g/mol. The van der Waals surface area contributed by atoms with Crippen LogP contribution in [-0.4, -0.2) is 48.7 Å². The SMILES string of the molecule is COc1ccc(OC)c(CCC(=O)N2CCCC[C@H]2C(=O)O)c1. The molecule has 0 aliphatic carbocycles. The summed E-state index contributed by atoms with van der Waals surface area (Å²) >= 11 is 0. The lowest BCUT2D eigenvalue weighted by Gasteiger charge is -2.33. The Hall–Kier alpha value is -2.24. The minimum atomic E-state index is -0.919. The van der Waals surface area contributed by atoms with E-state index in [1.54, 1.807) is 26.4 Å². The molecule has 0 aromatic heterocycles. The van der Waals surface area contributed by atoms with Gasteiger partial charge < -0.3 is 19.5 Å². The van der Waals surface area contributed by atoms with Crippen molar-refractivity contribution in [3.63, 3.8) is 0 Å². The monoisotopic (exact) mass is 321 g/mol. The van der Waals surface area contributed by atoms with Gasteiger partial charge in [-0.1, -0.05) is 0 Å². The van der Waals surface area contributed by atoms with Crippen molar-refractivity contribution in [3.05, 3.63) is 23.8 Å². The number of carbonyl (C=O) groups is 2. The summed E-state index contributed by atoms with van der Waals surface area (Å²) in [5.74, 6) is 0.362. The van der Waals surface area contributed by atoms with Crippen LogP contribution in [0.4, 0.5) is 0 Å². The second-order valence-corrected chi connectivity index (χ2v) is 5.61. The molecule has 0 bridgehead atoms. The van der Waals surface area contributed by atoms with Gasteiger partial charge in [-0.3, -0.25) is 4.79 Å². The number of hydrogen-bond donors (Lipinski definition) is 1. The minimum Gasteiger partial charge on any atom is -0.497 e. The van der Waals surface area contributed by atoms with E-state index in [1.165, 1.54) is 4.90 Å². The highest BCUT2D eigenvalue weighted by atomic mass is 16.5. The lowest BCUT2D eigenvalue weighted by molar-refractivity contribution is -0.152. The fourth-order valence-electron chi connectivity index (χ4n) is 2.95. The van der Waals surface area contributed by atoms with E-state index in [2.05, 4.69) is 0 Å². The van der Waals surface area contributed by atoms with Crippen molar-refractivity contribution in [2.24, 2.45) is 0 Å². The van der Waals surface area contributed by atoms with Crippen molar-refractivity contribution in [3.8, 4) is 11.5 Å². The summed E-state index contributed by atoms with van der Waals surface area (Å²) in [6.07, 6.45) is 2.99. The van der Waals surface area contributed by atoms with E-state index in [0.717, 1.165) is 18.4 Å². The van der Waals surface area contributed by atoms with Crippen LogP contribution in [0.25, 0.3) is 0 Å². The van der Waals surface area contributed by atoms with Crippen LogP contribution in [0.2, 0.25) is 0 Å². The molecule has 1 aromatic carbocycles. The van der Waals surface area contributed by atoms with Gasteiger partial charge in [0.25, 0.3) is 0 Å². The lowest BCUT2D eigenvalue weighted by Crippen LogP contribution is -2.48. The van der Waals surface area contributed by atoms with E-state index in [1.807, 2.05) is 6.07 Å². The highest BCUT2D eigenvalue weighted by molar-refractivity contribution is 5.84. The number of ether oxygens (including phenoxy) is 2. The number of aliphatic carboxylic acids is 1. The maximum Gasteiger partial charge on any atom is 0.326 e. The zero-order valence-corrected chi connectivity index (χ0v) is 13.6. The lowest BCUT2D eigenvalue weighted by atomic mass is 10.0. The number of carboxylic acids is 1. The first-order valence-corrected chi connectivity index (χ1v) is 7.80. The van der Waals surface area contributed by atoms with Gasteiger partial charge in [0.15, 0.2) is 0 Å². The predicted molar refractivity (Wildman–Crippen MR) is 84.9 cm³/mol. The van der Waals surface area contributed by atoms with Gasteiger partial charge in [0.05, 0.1) is 14.2 Å². The van der Waals surface area contributed by atoms with Crippen molar-refractivity contribution < 1.29 is 24.2 Å². The van der Waals surface area contributed by atoms with Crippen LogP contribution >= 0.6 is 0 Å². The Bertz CT molecular complexity index is 572. The van der Waals surface area contributed by atoms with Crippen LogP contribution in [-0.2, 0) is 16.0 Å². The number of carbonyl (C=O) groups excluding carboxylic acids is 1. The highest BCUT2D eigenvalue weighted by Gasteiger charge is 2.31. The van der Waals surface area contributed by atoms with Gasteiger partial charge in [0, 0.05) is 13.0 Å². The van der Waals surface area contributed by atoms with E-state index in [0.29, 0.717) is 30.9 Å². The van der Waals surface area contributed by atoms with Crippen LogP contribution < -0.4 is 9.47 Å². The van der Waals surface area contributed by atoms with Gasteiger partial charge in [0.1, 0.15) is 17.5 Å². The number of aryl methyl sites for hydroxylation is 1. The first kappa shape index (κ1) is 17.1. The molecule has 6 nitrogen and oxygen atoms in total. The summed E-state index contributed by atoms with van der Waals surface area (Å²) < 4.78 is 10.5. The number of methoxy groups -OCH3 is 2. The summed E-state index contributed by atoms with van der Waals surface area (Å²) in [4.78, 5) is 25.2. The largest absolute Gasteiger partial charge is 0.497 e. The topological polar surface area (TPSA) is 76.1 Å². The number of carboxylic acid groups (broad SMARTS) is 1. The van der Waals surface area contributed by atoms with Crippen LogP contribution in [0.5, 0.6) is 11.5 Å². The Labute approximate surface area is 136 Å². The molecule has 1 saturated heterocycles. The van der Waals surface area contributed by atoms with Crippen LogP contribution in [0.1, 0.15) is 31.2 Å². The first-order chi connectivity index (χ1) is 11.1. The van der Waals surface area contributed by atoms with Crippen LogP contribution in [0.3, 0.4) is 0 Å². The number of piperidine rings is 1. The molecular weight excluding hydrogens is 298 g/mol. The van der Waals surface area contributed by atoms with Crippen molar-refractivity contribution in [1.29, 1.82) is 0 Å². The third-order valence-corrected chi connectivity index (χ3v) is 4.20. The van der Waals surface area contributed by atoms with Gasteiger partial charge >= 0.3 is 5.97 Å². The molecule has 1 amide bonds. The average Bonchev–Trinajstić information content (AvgIpc) is 2.59. The summed E-state index contributed by atoms with van der Waals surface area (Å²) in [5, 5.41) is 9.26. The molecule has 0 saturated carbocycles. The van der Waals surface area contributed by atoms with Crippen LogP contribution in [0, 0.1) is 0 Å². The molecule has 1 heterocycles. The maximum absolute atomic E-state index is 12.4. The Kier molecular flexibility index (Phi) is 5.84. The van der Waals surface area contributed by atoms with Gasteiger partial charge in [0.2, 0.25) is 5.91 Å². The summed E-state index contributed by atoms with van der Waals surface area (Å²) in [6, 6.07) is 4.76. The molecule has 0 spiro atoms. The second-order valence-electron chi connectivity index (χ2n) is 5.61. The molecule has 0 unspecified atom stereocenters. The second kappa shape index (κ2) is 7.85. The van der Waals surface area contributed by atoms with Crippen LogP contribution in [0.15, 0.2) is 18.2 Å². The van der Waals surface area contributed by atoms with Crippen molar-refractivity contribution in [1.82, 2.24) is 4.90 Å². The third kappa shape index (κ3) is 4.15. The van der Waals surface area contributed by atoms with Gasteiger partial charge in [-0.2, -0.15) is 0 Å². The first-order valence-electron chi connectivity index (χ1n) is 7.80. The number of likely N-dealkylation sites (tertiary alicyclic amines) is 1. The molecule has 1 aromatic rings. The molecule has 1 atom stereocenters. The number of benzene rings is 1. The van der Waals surface area contributed by atoms with E-state index >= 15 is 0 Å². The molecule has 1 fully saturated rings. The fourth-order valence-corrected chi connectivity index (χ4v) is 2.95. The van der Waals surface area contributed by atoms with E-state index in [9.17, 15) is 14.7 Å². The third-order valence-electron chi connectivity index (χ3n) is 4.20. The molecule has 126 valence electrons. The smallest absolute Gasteiger partial charge is 0.326 e. The minimum absolute atomic E-state index is 0.123. The zero-order valence-electron chi connectivity index (χ0n) is 13.6. The van der Waals surface area contributed by atoms with Crippen molar-refractivity contribution >= 4 is 11.9 Å². The molecule has 1 aliphatic heterocycles.